The zero-order chi connectivity index (χ0) is 15.9. The zero-order valence-corrected chi connectivity index (χ0v) is 13.7. The molecule has 0 saturated heterocycles. The molecule has 0 fully saturated rings. The van der Waals surface area contributed by atoms with Gasteiger partial charge in [0.15, 0.2) is 11.5 Å². The summed E-state index contributed by atoms with van der Waals surface area (Å²) in [4.78, 5) is 8.16. The average molecular weight is 322 g/mol. The maximum atomic E-state index is 5.81. The van der Waals surface area contributed by atoms with Crippen LogP contribution in [-0.4, -0.2) is 30.7 Å². The third-order valence-electron chi connectivity index (χ3n) is 3.27. The zero-order valence-electron chi connectivity index (χ0n) is 13.0. The number of rotatable bonds is 7. The Balaban J connectivity index is 1.93. The second-order valence-corrected chi connectivity index (χ2v) is 5.49. The van der Waals surface area contributed by atoms with Crippen LogP contribution in [0.2, 0.25) is 5.15 Å². The van der Waals surface area contributed by atoms with Crippen molar-refractivity contribution in [3.8, 4) is 11.5 Å². The third-order valence-corrected chi connectivity index (χ3v) is 3.45. The SMILES string of the molecule is COc1ccc(CC(C)CNc2cncc(Cl)n2)cc1OC. The van der Waals surface area contributed by atoms with Crippen LogP contribution in [0.25, 0.3) is 0 Å². The Labute approximate surface area is 135 Å². The van der Waals surface area contributed by atoms with Crippen LogP contribution in [0.3, 0.4) is 0 Å². The molecule has 6 heteroatoms. The van der Waals surface area contributed by atoms with Gasteiger partial charge in [0.05, 0.1) is 26.6 Å². The molecule has 1 aromatic carbocycles. The number of benzene rings is 1. The van der Waals surface area contributed by atoms with E-state index in [9.17, 15) is 0 Å². The van der Waals surface area contributed by atoms with E-state index in [1.807, 2.05) is 12.1 Å². The van der Waals surface area contributed by atoms with Crippen LogP contribution in [0.15, 0.2) is 30.6 Å². The standard InChI is InChI=1S/C16H20ClN3O2/c1-11(8-19-16-10-18-9-15(17)20-16)6-12-4-5-13(21-2)14(7-12)22-3/h4-5,7,9-11H,6,8H2,1-3H3,(H,19,20). The summed E-state index contributed by atoms with van der Waals surface area (Å²) in [5.74, 6) is 2.60. The molecule has 0 saturated carbocycles. The van der Waals surface area contributed by atoms with E-state index in [-0.39, 0.29) is 0 Å². The minimum atomic E-state index is 0.387. The molecule has 1 aromatic heterocycles. The normalized spacial score (nSPS) is 11.8. The summed E-state index contributed by atoms with van der Waals surface area (Å²) >= 11 is 5.81. The number of halogens is 1. The third kappa shape index (κ3) is 4.49. The minimum Gasteiger partial charge on any atom is -0.493 e. The molecular formula is C16H20ClN3O2. The fourth-order valence-corrected chi connectivity index (χ4v) is 2.34. The van der Waals surface area contributed by atoms with E-state index in [2.05, 4.69) is 28.3 Å². The first-order valence-electron chi connectivity index (χ1n) is 7.04. The Morgan fingerprint density at radius 2 is 1.95 bits per heavy atom. The first-order valence-corrected chi connectivity index (χ1v) is 7.42. The highest BCUT2D eigenvalue weighted by Gasteiger charge is 2.08. The quantitative estimate of drug-likeness (QED) is 0.846. The topological polar surface area (TPSA) is 56.3 Å². The van der Waals surface area contributed by atoms with Crippen molar-refractivity contribution in [2.24, 2.45) is 5.92 Å². The molecule has 2 aromatic rings. The number of nitrogens with one attached hydrogen (secondary N) is 1. The van der Waals surface area contributed by atoms with Crippen molar-refractivity contribution in [3.63, 3.8) is 0 Å². The van der Waals surface area contributed by atoms with Crippen molar-refractivity contribution < 1.29 is 9.47 Å². The Kier molecular flexibility index (Phi) is 5.83. The summed E-state index contributed by atoms with van der Waals surface area (Å²) in [5, 5.41) is 3.63. The molecule has 0 spiro atoms. The maximum absolute atomic E-state index is 5.81. The number of hydrogen-bond acceptors (Lipinski definition) is 5. The average Bonchev–Trinajstić information content (AvgIpc) is 2.53. The highest BCUT2D eigenvalue weighted by molar-refractivity contribution is 6.29. The van der Waals surface area contributed by atoms with E-state index in [4.69, 9.17) is 21.1 Å². The molecule has 0 bridgehead atoms. The largest absolute Gasteiger partial charge is 0.493 e. The van der Waals surface area contributed by atoms with Crippen molar-refractivity contribution in [3.05, 3.63) is 41.3 Å². The lowest BCUT2D eigenvalue weighted by Crippen LogP contribution is -2.14. The number of aromatic nitrogens is 2. The second-order valence-electron chi connectivity index (χ2n) is 5.11. The van der Waals surface area contributed by atoms with Crippen molar-refractivity contribution in [1.29, 1.82) is 0 Å². The van der Waals surface area contributed by atoms with Gasteiger partial charge in [-0.1, -0.05) is 24.6 Å². The van der Waals surface area contributed by atoms with Crippen molar-refractivity contribution in [1.82, 2.24) is 9.97 Å². The first kappa shape index (κ1) is 16.4. The van der Waals surface area contributed by atoms with E-state index in [0.29, 0.717) is 16.9 Å². The van der Waals surface area contributed by atoms with Gasteiger partial charge in [-0.25, -0.2) is 4.98 Å². The van der Waals surface area contributed by atoms with Crippen LogP contribution in [0.4, 0.5) is 5.82 Å². The molecule has 0 aliphatic carbocycles. The van der Waals surface area contributed by atoms with E-state index in [1.165, 1.54) is 11.8 Å². The van der Waals surface area contributed by atoms with Crippen LogP contribution in [0.5, 0.6) is 11.5 Å². The molecule has 5 nitrogen and oxygen atoms in total. The number of anilines is 1. The van der Waals surface area contributed by atoms with Crippen LogP contribution < -0.4 is 14.8 Å². The van der Waals surface area contributed by atoms with Crippen LogP contribution in [0, 0.1) is 5.92 Å². The van der Waals surface area contributed by atoms with E-state index in [1.54, 1.807) is 20.4 Å². The van der Waals surface area contributed by atoms with Crippen molar-refractivity contribution >= 4 is 17.4 Å². The molecule has 2 rings (SSSR count). The number of ether oxygens (including phenoxy) is 2. The number of methoxy groups -OCH3 is 2. The predicted molar refractivity (Wildman–Crippen MR) is 87.9 cm³/mol. The smallest absolute Gasteiger partial charge is 0.160 e. The van der Waals surface area contributed by atoms with E-state index < -0.39 is 0 Å². The van der Waals surface area contributed by atoms with Gasteiger partial charge in [-0.2, -0.15) is 0 Å². The molecule has 0 radical (unpaired) electrons. The van der Waals surface area contributed by atoms with Gasteiger partial charge in [-0.05, 0) is 30.0 Å². The highest BCUT2D eigenvalue weighted by atomic mass is 35.5. The fraction of sp³-hybridized carbons (Fsp3) is 0.375. The van der Waals surface area contributed by atoms with Crippen molar-refractivity contribution in [2.75, 3.05) is 26.1 Å². The van der Waals surface area contributed by atoms with E-state index >= 15 is 0 Å². The van der Waals surface area contributed by atoms with Gasteiger partial charge in [0.1, 0.15) is 11.0 Å². The molecule has 1 heterocycles. The summed E-state index contributed by atoms with van der Waals surface area (Å²) in [6.45, 7) is 2.95. The molecule has 0 amide bonds. The summed E-state index contributed by atoms with van der Waals surface area (Å²) in [6, 6.07) is 5.99. The molecule has 1 unspecified atom stereocenters. The van der Waals surface area contributed by atoms with Gasteiger partial charge in [0.25, 0.3) is 0 Å². The minimum absolute atomic E-state index is 0.387. The summed E-state index contributed by atoms with van der Waals surface area (Å²) in [6.07, 6.45) is 4.09. The monoisotopic (exact) mass is 321 g/mol. The van der Waals surface area contributed by atoms with Crippen LogP contribution in [0.1, 0.15) is 12.5 Å². The van der Waals surface area contributed by atoms with Crippen molar-refractivity contribution in [2.45, 2.75) is 13.3 Å². The molecular weight excluding hydrogens is 302 g/mol. The first-order chi connectivity index (χ1) is 10.6. The molecule has 1 N–H and O–H groups in total. The van der Waals surface area contributed by atoms with Gasteiger partial charge in [-0.3, -0.25) is 4.98 Å². The number of hydrogen-bond donors (Lipinski definition) is 1. The van der Waals surface area contributed by atoms with Gasteiger partial charge in [0, 0.05) is 6.54 Å². The lowest BCUT2D eigenvalue weighted by atomic mass is 10.0. The lowest BCUT2D eigenvalue weighted by Gasteiger charge is -2.14. The van der Waals surface area contributed by atoms with Gasteiger partial charge < -0.3 is 14.8 Å². The molecule has 22 heavy (non-hydrogen) atoms. The van der Waals surface area contributed by atoms with Crippen LogP contribution in [-0.2, 0) is 6.42 Å². The predicted octanol–water partition coefficient (Wildman–Crippen LogP) is 3.44. The fourth-order valence-electron chi connectivity index (χ4n) is 2.19. The van der Waals surface area contributed by atoms with E-state index in [0.717, 1.165) is 24.5 Å². The van der Waals surface area contributed by atoms with Gasteiger partial charge >= 0.3 is 0 Å². The molecule has 0 aliphatic rings. The Morgan fingerprint density at radius 1 is 1.18 bits per heavy atom. The maximum Gasteiger partial charge on any atom is 0.160 e. The summed E-state index contributed by atoms with van der Waals surface area (Å²) < 4.78 is 10.6. The van der Waals surface area contributed by atoms with Gasteiger partial charge in [-0.15, -0.1) is 0 Å². The molecule has 0 aliphatic heterocycles. The Bertz CT molecular complexity index is 622. The lowest BCUT2D eigenvalue weighted by molar-refractivity contribution is 0.354. The van der Waals surface area contributed by atoms with Gasteiger partial charge in [0.2, 0.25) is 0 Å². The Morgan fingerprint density at radius 3 is 2.64 bits per heavy atom. The second kappa shape index (κ2) is 7.84. The highest BCUT2D eigenvalue weighted by Crippen LogP contribution is 2.28. The van der Waals surface area contributed by atoms with Crippen LogP contribution >= 0.6 is 11.6 Å². The molecule has 1 atom stereocenters. The molecule has 118 valence electrons. The Hall–Kier alpha value is -2.01. The summed E-state index contributed by atoms with van der Waals surface area (Å²) in [7, 11) is 3.28. The summed E-state index contributed by atoms with van der Waals surface area (Å²) in [5.41, 5.74) is 1.20. The number of nitrogens with zero attached hydrogens (tertiary/aromatic N) is 2.